The van der Waals surface area contributed by atoms with Crippen molar-refractivity contribution in [2.24, 2.45) is 0 Å². The van der Waals surface area contributed by atoms with Crippen LogP contribution >= 0.6 is 23.1 Å². The Morgan fingerprint density at radius 2 is 1.97 bits per heavy atom. The summed E-state index contributed by atoms with van der Waals surface area (Å²) in [6, 6.07) is 9.27. The van der Waals surface area contributed by atoms with Crippen molar-refractivity contribution in [3.05, 3.63) is 86.3 Å². The van der Waals surface area contributed by atoms with Gasteiger partial charge in [0, 0.05) is 39.3 Å². The fourth-order valence-corrected chi connectivity index (χ4v) is 5.51. The summed E-state index contributed by atoms with van der Waals surface area (Å²) in [6.45, 7) is 8.01. The van der Waals surface area contributed by atoms with Crippen LogP contribution in [0.3, 0.4) is 0 Å². The van der Waals surface area contributed by atoms with Gasteiger partial charge in [-0.3, -0.25) is 4.79 Å². The maximum absolute atomic E-state index is 12.9. The van der Waals surface area contributed by atoms with Crippen molar-refractivity contribution in [2.45, 2.75) is 45.0 Å². The molecule has 34 heavy (non-hydrogen) atoms. The maximum Gasteiger partial charge on any atom is 0.341 e. The number of hydrogen-bond acceptors (Lipinski definition) is 8. The predicted octanol–water partition coefficient (Wildman–Crippen LogP) is 5.55. The van der Waals surface area contributed by atoms with Crippen LogP contribution < -0.4 is 0 Å². The van der Waals surface area contributed by atoms with Crippen LogP contribution in [0.2, 0.25) is 0 Å². The minimum Gasteiger partial charge on any atom is -0.454 e. The van der Waals surface area contributed by atoms with E-state index in [0.29, 0.717) is 28.5 Å². The van der Waals surface area contributed by atoms with Gasteiger partial charge in [0.05, 0.1) is 17.8 Å². The number of pyridine rings is 1. The van der Waals surface area contributed by atoms with Gasteiger partial charge in [0.15, 0.2) is 6.61 Å². The number of esters is 1. The van der Waals surface area contributed by atoms with Crippen molar-refractivity contribution in [1.29, 1.82) is 0 Å². The first-order valence-corrected chi connectivity index (χ1v) is 12.6. The van der Waals surface area contributed by atoms with Crippen LogP contribution in [0, 0.1) is 27.7 Å². The molecule has 176 valence electrons. The second kappa shape index (κ2) is 10.4. The zero-order chi connectivity index (χ0) is 24.2. The predicted molar refractivity (Wildman–Crippen MR) is 132 cm³/mol. The molecule has 4 aromatic rings. The van der Waals surface area contributed by atoms with Crippen molar-refractivity contribution in [3.8, 4) is 0 Å². The van der Waals surface area contributed by atoms with Gasteiger partial charge in [0.25, 0.3) is 0 Å². The summed E-state index contributed by atoms with van der Waals surface area (Å²) in [6.07, 6.45) is 1.63. The Morgan fingerprint density at radius 1 is 1.15 bits per heavy atom. The van der Waals surface area contributed by atoms with E-state index in [9.17, 15) is 9.59 Å². The summed E-state index contributed by atoms with van der Waals surface area (Å²) in [4.78, 5) is 31.2. The number of carbonyl (C=O) groups is 2. The molecule has 0 aliphatic rings. The smallest absolute Gasteiger partial charge is 0.341 e. The van der Waals surface area contributed by atoms with Crippen LogP contribution in [0.15, 0.2) is 51.5 Å². The zero-order valence-corrected chi connectivity index (χ0v) is 21.1. The lowest BCUT2D eigenvalue weighted by molar-refractivity contribution is 0.0470. The third-order valence-corrected chi connectivity index (χ3v) is 7.52. The molecule has 0 spiro atoms. The number of hydrogen-bond donors (Lipinski definition) is 0. The second-order valence-corrected chi connectivity index (χ2v) is 9.89. The van der Waals surface area contributed by atoms with Gasteiger partial charge in [-0.15, -0.1) is 23.1 Å². The first-order chi connectivity index (χ1) is 16.3. The van der Waals surface area contributed by atoms with Gasteiger partial charge >= 0.3 is 5.97 Å². The summed E-state index contributed by atoms with van der Waals surface area (Å²) in [5.41, 5.74) is 4.54. The summed E-state index contributed by atoms with van der Waals surface area (Å²) in [7, 11) is 0. The lowest BCUT2D eigenvalue weighted by atomic mass is 10.1. The Hall–Kier alpha value is -3.17. The standard InChI is InChI=1S/C25H25N3O4S2/c1-15-11-21(17(3)28(15)12-19-7-6-10-33-19)23(29)13-31-25(30)20-8-5-9-26-24(20)34-14-22-16(2)27-32-18(22)4/h5-11H,12-14H2,1-4H3. The van der Waals surface area contributed by atoms with Crippen molar-refractivity contribution < 1.29 is 18.8 Å². The van der Waals surface area contributed by atoms with Crippen molar-refractivity contribution in [1.82, 2.24) is 14.7 Å². The van der Waals surface area contributed by atoms with Gasteiger partial charge < -0.3 is 13.8 Å². The van der Waals surface area contributed by atoms with E-state index in [1.165, 1.54) is 16.6 Å². The van der Waals surface area contributed by atoms with Crippen LogP contribution in [0.25, 0.3) is 0 Å². The maximum atomic E-state index is 12.9. The number of ether oxygens (including phenoxy) is 1. The summed E-state index contributed by atoms with van der Waals surface area (Å²) in [5, 5.41) is 6.53. The number of thioether (sulfide) groups is 1. The Kier molecular flexibility index (Phi) is 7.33. The molecule has 0 fully saturated rings. The van der Waals surface area contributed by atoms with Crippen molar-refractivity contribution in [2.75, 3.05) is 6.61 Å². The van der Waals surface area contributed by atoms with Crippen molar-refractivity contribution in [3.63, 3.8) is 0 Å². The number of aromatic nitrogens is 3. The Labute approximate surface area is 206 Å². The first kappa shape index (κ1) is 24.0. The lowest BCUT2D eigenvalue weighted by Gasteiger charge is -2.09. The van der Waals surface area contributed by atoms with E-state index in [1.54, 1.807) is 29.7 Å². The number of carbonyl (C=O) groups excluding carboxylic acids is 2. The molecule has 0 bridgehead atoms. The lowest BCUT2D eigenvalue weighted by Crippen LogP contribution is -2.16. The highest BCUT2D eigenvalue weighted by Gasteiger charge is 2.20. The Balaban J connectivity index is 1.42. The number of ketones is 1. The largest absolute Gasteiger partial charge is 0.454 e. The molecule has 0 saturated heterocycles. The average molecular weight is 496 g/mol. The highest BCUT2D eigenvalue weighted by Crippen LogP contribution is 2.27. The quantitative estimate of drug-likeness (QED) is 0.171. The molecule has 0 aromatic carbocycles. The van der Waals surface area contributed by atoms with E-state index in [4.69, 9.17) is 9.26 Å². The van der Waals surface area contributed by atoms with Gasteiger partial charge in [-0.2, -0.15) is 0 Å². The molecule has 0 aliphatic carbocycles. The molecule has 4 heterocycles. The van der Waals surface area contributed by atoms with Crippen LogP contribution in [-0.2, 0) is 17.0 Å². The molecule has 4 aromatic heterocycles. The minimum atomic E-state index is -0.574. The van der Waals surface area contributed by atoms with Crippen LogP contribution in [0.1, 0.15) is 54.0 Å². The van der Waals surface area contributed by atoms with E-state index >= 15 is 0 Å². The van der Waals surface area contributed by atoms with Crippen molar-refractivity contribution >= 4 is 34.9 Å². The third-order valence-electron chi connectivity index (χ3n) is 5.63. The first-order valence-electron chi connectivity index (χ1n) is 10.7. The fourth-order valence-electron chi connectivity index (χ4n) is 3.68. The molecular weight excluding hydrogens is 470 g/mol. The molecule has 0 radical (unpaired) electrons. The number of thiophene rings is 1. The topological polar surface area (TPSA) is 87.2 Å². The van der Waals surface area contributed by atoms with Gasteiger partial charge in [-0.1, -0.05) is 11.2 Å². The molecule has 7 nitrogen and oxygen atoms in total. The van der Waals surface area contributed by atoms with Gasteiger partial charge in [-0.25, -0.2) is 9.78 Å². The summed E-state index contributed by atoms with van der Waals surface area (Å²) in [5.74, 6) is 0.503. The highest BCUT2D eigenvalue weighted by molar-refractivity contribution is 7.98. The van der Waals surface area contributed by atoms with Gasteiger partial charge in [0.1, 0.15) is 10.8 Å². The van der Waals surface area contributed by atoms with Crippen LogP contribution in [0.5, 0.6) is 0 Å². The molecule has 0 atom stereocenters. The molecule has 4 rings (SSSR count). The third kappa shape index (κ3) is 5.15. The van der Waals surface area contributed by atoms with Gasteiger partial charge in [-0.05, 0) is 57.3 Å². The molecule has 0 N–H and O–H groups in total. The van der Waals surface area contributed by atoms with E-state index in [1.807, 2.05) is 45.2 Å². The second-order valence-electron chi connectivity index (χ2n) is 7.90. The van der Waals surface area contributed by atoms with E-state index in [0.717, 1.165) is 28.4 Å². The van der Waals surface area contributed by atoms with E-state index in [2.05, 4.69) is 20.8 Å². The Bertz CT molecular complexity index is 1300. The normalized spacial score (nSPS) is 11.1. The molecule has 0 aliphatic heterocycles. The average Bonchev–Trinajstić information content (AvgIpc) is 3.53. The molecule has 0 amide bonds. The van der Waals surface area contributed by atoms with Crippen LogP contribution in [0.4, 0.5) is 0 Å². The van der Waals surface area contributed by atoms with E-state index < -0.39 is 5.97 Å². The fraction of sp³-hybridized carbons (Fsp3) is 0.280. The number of rotatable bonds is 9. The zero-order valence-electron chi connectivity index (χ0n) is 19.5. The van der Waals surface area contributed by atoms with Gasteiger partial charge in [0.2, 0.25) is 5.78 Å². The van der Waals surface area contributed by atoms with E-state index in [-0.39, 0.29) is 12.4 Å². The summed E-state index contributed by atoms with van der Waals surface area (Å²) < 4.78 is 12.7. The summed E-state index contributed by atoms with van der Waals surface area (Å²) >= 11 is 3.08. The molecule has 9 heteroatoms. The highest BCUT2D eigenvalue weighted by atomic mass is 32.2. The molecule has 0 unspecified atom stereocenters. The molecular formula is C25H25N3O4S2. The SMILES string of the molecule is Cc1noc(C)c1CSc1ncccc1C(=O)OCC(=O)c1cc(C)n(Cc2cccs2)c1C. The molecule has 0 saturated carbocycles. The van der Waals surface area contributed by atoms with Crippen LogP contribution in [-0.4, -0.2) is 33.1 Å². The minimum absolute atomic E-state index is 0.229. The number of nitrogens with zero attached hydrogens (tertiary/aromatic N) is 3. The monoisotopic (exact) mass is 495 g/mol. The number of Topliss-reactive ketones (excluding diaryl/α,β-unsaturated/α-hetero) is 1. The number of aryl methyl sites for hydroxylation is 3. The Morgan fingerprint density at radius 3 is 2.68 bits per heavy atom.